The van der Waals surface area contributed by atoms with Crippen LogP contribution >= 0.6 is 11.3 Å². The van der Waals surface area contributed by atoms with E-state index in [4.69, 9.17) is 9.84 Å². The van der Waals surface area contributed by atoms with Gasteiger partial charge in [0.2, 0.25) is 0 Å². The van der Waals surface area contributed by atoms with Gasteiger partial charge >= 0.3 is 5.97 Å². The Morgan fingerprint density at radius 3 is 2.81 bits per heavy atom. The van der Waals surface area contributed by atoms with Crippen molar-refractivity contribution in [3.05, 3.63) is 28.7 Å². The SMILES string of the molecule is COCC1=CCN(S(=O)(=O)c2ccc(CC(=O)O)s2)CC1. The lowest BCUT2D eigenvalue weighted by Gasteiger charge is -2.24. The van der Waals surface area contributed by atoms with Crippen molar-refractivity contribution in [2.75, 3.05) is 26.8 Å². The molecule has 1 aliphatic heterocycles. The Morgan fingerprint density at radius 1 is 1.48 bits per heavy atom. The van der Waals surface area contributed by atoms with Gasteiger partial charge in [-0.25, -0.2) is 8.42 Å². The number of rotatable bonds is 6. The van der Waals surface area contributed by atoms with E-state index < -0.39 is 16.0 Å². The van der Waals surface area contributed by atoms with Crippen LogP contribution in [0.5, 0.6) is 0 Å². The molecule has 0 aromatic carbocycles. The van der Waals surface area contributed by atoms with Crippen LogP contribution in [-0.2, 0) is 26.0 Å². The lowest BCUT2D eigenvalue weighted by Crippen LogP contribution is -2.34. The maximum Gasteiger partial charge on any atom is 0.308 e. The summed E-state index contributed by atoms with van der Waals surface area (Å²) in [4.78, 5) is 11.2. The molecule has 0 radical (unpaired) electrons. The van der Waals surface area contributed by atoms with Crippen LogP contribution in [0.1, 0.15) is 11.3 Å². The molecule has 2 heterocycles. The standard InChI is InChI=1S/C13H17NO5S2/c1-19-9-10-4-6-14(7-5-10)21(17,18)13-3-2-11(20-13)8-12(15)16/h2-4H,5-9H2,1H3,(H,15,16). The van der Waals surface area contributed by atoms with Crippen molar-refractivity contribution in [2.24, 2.45) is 0 Å². The molecule has 0 atom stereocenters. The highest BCUT2D eigenvalue weighted by Crippen LogP contribution is 2.27. The summed E-state index contributed by atoms with van der Waals surface area (Å²) in [5.74, 6) is -0.967. The van der Waals surface area contributed by atoms with Gasteiger partial charge in [-0.2, -0.15) is 4.31 Å². The molecule has 0 saturated carbocycles. The maximum atomic E-state index is 12.5. The number of thiophene rings is 1. The molecule has 1 N–H and O–H groups in total. The Bertz CT molecular complexity index is 647. The summed E-state index contributed by atoms with van der Waals surface area (Å²) in [6.45, 7) is 1.27. The van der Waals surface area contributed by atoms with Crippen LogP contribution in [-0.4, -0.2) is 50.6 Å². The Balaban J connectivity index is 2.12. The molecule has 0 amide bonds. The smallest absolute Gasteiger partial charge is 0.308 e. The first-order valence-corrected chi connectivity index (χ1v) is 8.66. The van der Waals surface area contributed by atoms with E-state index in [1.54, 1.807) is 13.2 Å². The first kappa shape index (κ1) is 16.2. The van der Waals surface area contributed by atoms with E-state index >= 15 is 0 Å². The maximum absolute atomic E-state index is 12.5. The van der Waals surface area contributed by atoms with Crippen LogP contribution < -0.4 is 0 Å². The van der Waals surface area contributed by atoms with Crippen molar-refractivity contribution >= 4 is 27.3 Å². The number of methoxy groups -OCH3 is 1. The molecular formula is C13H17NO5S2. The van der Waals surface area contributed by atoms with E-state index in [-0.39, 0.29) is 10.6 Å². The van der Waals surface area contributed by atoms with Crippen molar-refractivity contribution in [1.82, 2.24) is 4.31 Å². The fraction of sp³-hybridized carbons (Fsp3) is 0.462. The molecule has 1 aromatic heterocycles. The fourth-order valence-corrected chi connectivity index (χ4v) is 4.98. The van der Waals surface area contributed by atoms with Gasteiger partial charge in [-0.15, -0.1) is 11.3 Å². The summed E-state index contributed by atoms with van der Waals surface area (Å²) in [6.07, 6.45) is 2.37. The van der Waals surface area contributed by atoms with Crippen LogP contribution in [0.4, 0.5) is 0 Å². The Morgan fingerprint density at radius 2 is 2.24 bits per heavy atom. The van der Waals surface area contributed by atoms with E-state index in [1.165, 1.54) is 10.4 Å². The number of hydrogen-bond acceptors (Lipinski definition) is 5. The zero-order valence-corrected chi connectivity index (χ0v) is 13.2. The number of sulfonamides is 1. The number of carboxylic acid groups (broad SMARTS) is 1. The second-order valence-electron chi connectivity index (χ2n) is 4.70. The molecule has 116 valence electrons. The zero-order chi connectivity index (χ0) is 15.5. The van der Waals surface area contributed by atoms with Crippen LogP contribution in [0, 0.1) is 0 Å². The van der Waals surface area contributed by atoms with E-state index in [0.29, 0.717) is 31.0 Å². The summed E-state index contributed by atoms with van der Waals surface area (Å²) >= 11 is 1.02. The summed E-state index contributed by atoms with van der Waals surface area (Å²) in [5.41, 5.74) is 1.10. The van der Waals surface area contributed by atoms with Gasteiger partial charge in [0.1, 0.15) is 4.21 Å². The third-order valence-corrected chi connectivity index (χ3v) is 6.57. The lowest BCUT2D eigenvalue weighted by atomic mass is 10.1. The van der Waals surface area contributed by atoms with Crippen LogP contribution in [0.25, 0.3) is 0 Å². The summed E-state index contributed by atoms with van der Waals surface area (Å²) in [5, 5.41) is 8.73. The molecule has 8 heteroatoms. The fourth-order valence-electron chi connectivity index (χ4n) is 2.10. The molecule has 0 saturated heterocycles. The minimum absolute atomic E-state index is 0.155. The van der Waals surface area contributed by atoms with Gasteiger partial charge < -0.3 is 9.84 Å². The molecule has 1 aromatic rings. The minimum Gasteiger partial charge on any atom is -0.481 e. The summed E-state index contributed by atoms with van der Waals surface area (Å²) in [6, 6.07) is 3.04. The second-order valence-corrected chi connectivity index (χ2v) is 8.03. The topological polar surface area (TPSA) is 83.9 Å². The number of hydrogen-bond donors (Lipinski definition) is 1. The third kappa shape index (κ3) is 3.91. The van der Waals surface area contributed by atoms with Gasteiger partial charge in [0.05, 0.1) is 13.0 Å². The highest BCUT2D eigenvalue weighted by molar-refractivity contribution is 7.91. The number of aliphatic carboxylic acids is 1. The number of ether oxygens (including phenoxy) is 1. The van der Waals surface area contributed by atoms with Crippen molar-refractivity contribution in [1.29, 1.82) is 0 Å². The molecule has 0 spiro atoms. The number of carboxylic acids is 1. The van der Waals surface area contributed by atoms with Gasteiger partial charge in [0.15, 0.2) is 0 Å². The Labute approximate surface area is 127 Å². The molecule has 21 heavy (non-hydrogen) atoms. The van der Waals surface area contributed by atoms with Crippen molar-refractivity contribution in [2.45, 2.75) is 17.1 Å². The molecule has 0 aliphatic carbocycles. The van der Waals surface area contributed by atoms with Crippen molar-refractivity contribution < 1.29 is 23.1 Å². The van der Waals surface area contributed by atoms with E-state index in [1.807, 2.05) is 6.08 Å². The average molecular weight is 331 g/mol. The van der Waals surface area contributed by atoms with E-state index in [2.05, 4.69) is 0 Å². The molecule has 0 unspecified atom stereocenters. The van der Waals surface area contributed by atoms with E-state index in [9.17, 15) is 13.2 Å². The van der Waals surface area contributed by atoms with Gasteiger partial charge in [0, 0.05) is 25.1 Å². The normalized spacial score (nSPS) is 16.7. The predicted molar refractivity (Wildman–Crippen MR) is 79.0 cm³/mol. The quantitative estimate of drug-likeness (QED) is 0.795. The van der Waals surface area contributed by atoms with Gasteiger partial charge in [-0.1, -0.05) is 6.08 Å². The molecule has 2 rings (SSSR count). The first-order valence-electron chi connectivity index (χ1n) is 6.41. The van der Waals surface area contributed by atoms with Crippen molar-refractivity contribution in [3.63, 3.8) is 0 Å². The largest absolute Gasteiger partial charge is 0.481 e. The first-order chi connectivity index (χ1) is 9.93. The molecule has 1 aliphatic rings. The Hall–Kier alpha value is -1.22. The predicted octanol–water partition coefficient (Wildman–Crippen LogP) is 1.34. The van der Waals surface area contributed by atoms with Crippen LogP contribution in [0.15, 0.2) is 28.0 Å². The number of nitrogens with zero attached hydrogens (tertiary/aromatic N) is 1. The molecular weight excluding hydrogens is 314 g/mol. The summed E-state index contributed by atoms with van der Waals surface area (Å²) in [7, 11) is -1.93. The molecule has 0 bridgehead atoms. The van der Waals surface area contributed by atoms with Crippen molar-refractivity contribution in [3.8, 4) is 0 Å². The average Bonchev–Trinajstić information content (AvgIpc) is 2.88. The number of carbonyl (C=O) groups is 1. The monoisotopic (exact) mass is 331 g/mol. The second kappa shape index (κ2) is 6.69. The van der Waals surface area contributed by atoms with Gasteiger partial charge in [-0.05, 0) is 24.1 Å². The lowest BCUT2D eigenvalue weighted by molar-refractivity contribution is -0.136. The minimum atomic E-state index is -3.54. The summed E-state index contributed by atoms with van der Waals surface area (Å²) < 4.78 is 31.6. The zero-order valence-electron chi connectivity index (χ0n) is 11.6. The van der Waals surface area contributed by atoms with E-state index in [0.717, 1.165) is 16.9 Å². The van der Waals surface area contributed by atoms with Crippen LogP contribution in [0.2, 0.25) is 0 Å². The highest BCUT2D eigenvalue weighted by Gasteiger charge is 2.27. The highest BCUT2D eigenvalue weighted by atomic mass is 32.2. The Kier molecular flexibility index (Phi) is 5.15. The third-order valence-electron chi connectivity index (χ3n) is 3.15. The van der Waals surface area contributed by atoms with Gasteiger partial charge in [0.25, 0.3) is 10.0 Å². The van der Waals surface area contributed by atoms with Crippen LogP contribution in [0.3, 0.4) is 0 Å². The van der Waals surface area contributed by atoms with Gasteiger partial charge in [-0.3, -0.25) is 4.79 Å². The molecule has 6 nitrogen and oxygen atoms in total. The molecule has 0 fully saturated rings.